The molecule has 0 saturated carbocycles. The molecule has 3 amide bonds. The highest BCUT2D eigenvalue weighted by Gasteiger charge is 2.51. The van der Waals surface area contributed by atoms with Crippen molar-refractivity contribution in [1.82, 2.24) is 10.2 Å². The maximum atomic E-state index is 13.1. The van der Waals surface area contributed by atoms with Crippen molar-refractivity contribution in [2.45, 2.75) is 39.3 Å². The number of rotatable bonds is 4. The Labute approximate surface area is 142 Å². The topological polar surface area (TPSA) is 49.4 Å². The maximum Gasteiger partial charge on any atom is 0.325 e. The first-order valence-electron chi connectivity index (χ1n) is 8.23. The molecular weight excluding hydrogens is 300 g/mol. The second kappa shape index (κ2) is 6.11. The molecule has 1 N–H and O–H groups in total. The Balaban J connectivity index is 1.95. The van der Waals surface area contributed by atoms with Gasteiger partial charge in [0.15, 0.2) is 0 Å². The molecule has 1 saturated heterocycles. The Kier molecular flexibility index (Phi) is 4.14. The SMILES string of the molecule is CC[C@]1(c2ccccc2)NC(=O)N(Cc2cc(C)ccc2C)C1=O. The van der Waals surface area contributed by atoms with Crippen molar-refractivity contribution in [3.05, 3.63) is 70.8 Å². The molecule has 4 heteroatoms. The number of nitrogens with zero attached hydrogens (tertiary/aromatic N) is 1. The highest BCUT2D eigenvalue weighted by molar-refractivity contribution is 6.07. The summed E-state index contributed by atoms with van der Waals surface area (Å²) < 4.78 is 0. The average molecular weight is 322 g/mol. The number of aryl methyl sites for hydroxylation is 2. The van der Waals surface area contributed by atoms with Crippen LogP contribution >= 0.6 is 0 Å². The van der Waals surface area contributed by atoms with Gasteiger partial charge in [-0.25, -0.2) is 4.79 Å². The second-order valence-electron chi connectivity index (χ2n) is 6.38. The lowest BCUT2D eigenvalue weighted by molar-refractivity contribution is -0.132. The first kappa shape index (κ1) is 16.2. The summed E-state index contributed by atoms with van der Waals surface area (Å²) >= 11 is 0. The van der Waals surface area contributed by atoms with Gasteiger partial charge < -0.3 is 5.32 Å². The minimum atomic E-state index is -0.962. The molecule has 0 spiro atoms. The van der Waals surface area contributed by atoms with Gasteiger partial charge in [0.25, 0.3) is 5.91 Å². The highest BCUT2D eigenvalue weighted by Crippen LogP contribution is 2.33. The number of amides is 3. The van der Waals surface area contributed by atoms with E-state index in [1.54, 1.807) is 0 Å². The van der Waals surface area contributed by atoms with E-state index in [1.807, 2.05) is 69.3 Å². The Bertz CT molecular complexity index is 785. The predicted molar refractivity (Wildman–Crippen MR) is 93.4 cm³/mol. The fourth-order valence-electron chi connectivity index (χ4n) is 3.27. The van der Waals surface area contributed by atoms with Gasteiger partial charge >= 0.3 is 6.03 Å². The molecule has 0 radical (unpaired) electrons. The average Bonchev–Trinajstić information content (AvgIpc) is 2.84. The van der Waals surface area contributed by atoms with Crippen molar-refractivity contribution < 1.29 is 9.59 Å². The van der Waals surface area contributed by atoms with E-state index in [1.165, 1.54) is 4.90 Å². The summed E-state index contributed by atoms with van der Waals surface area (Å²) in [6.07, 6.45) is 0.519. The predicted octanol–water partition coefficient (Wildman–Crippen LogP) is 3.66. The molecule has 24 heavy (non-hydrogen) atoms. The molecule has 1 fully saturated rings. The number of carbonyl (C=O) groups is 2. The lowest BCUT2D eigenvalue weighted by Gasteiger charge is -2.26. The number of carbonyl (C=O) groups excluding carboxylic acids is 2. The van der Waals surface area contributed by atoms with Gasteiger partial charge in [0, 0.05) is 0 Å². The van der Waals surface area contributed by atoms with Crippen LogP contribution in [0.15, 0.2) is 48.5 Å². The van der Waals surface area contributed by atoms with Gasteiger partial charge in [0.2, 0.25) is 0 Å². The Morgan fingerprint density at radius 1 is 1.04 bits per heavy atom. The van der Waals surface area contributed by atoms with Crippen LogP contribution in [0.2, 0.25) is 0 Å². The lowest BCUT2D eigenvalue weighted by Crippen LogP contribution is -2.43. The van der Waals surface area contributed by atoms with Crippen molar-refractivity contribution in [2.24, 2.45) is 0 Å². The van der Waals surface area contributed by atoms with E-state index in [-0.39, 0.29) is 11.9 Å². The molecule has 2 aromatic rings. The van der Waals surface area contributed by atoms with E-state index in [0.717, 1.165) is 22.3 Å². The summed E-state index contributed by atoms with van der Waals surface area (Å²) in [5.41, 5.74) is 3.06. The summed E-state index contributed by atoms with van der Waals surface area (Å²) in [6.45, 7) is 6.23. The molecule has 1 heterocycles. The third kappa shape index (κ3) is 2.58. The number of nitrogens with one attached hydrogen (secondary N) is 1. The maximum absolute atomic E-state index is 13.1. The van der Waals surface area contributed by atoms with Crippen LogP contribution in [-0.4, -0.2) is 16.8 Å². The van der Waals surface area contributed by atoms with Gasteiger partial charge in [-0.15, -0.1) is 0 Å². The van der Waals surface area contributed by atoms with Crippen molar-refractivity contribution >= 4 is 11.9 Å². The minimum Gasteiger partial charge on any atom is -0.319 e. The standard InChI is InChI=1S/C20H22N2O2/c1-4-20(17-8-6-5-7-9-17)18(23)22(19(24)21-20)13-16-12-14(2)10-11-15(16)3/h5-12H,4,13H2,1-3H3,(H,21,24)/t20-/m1/s1. The monoisotopic (exact) mass is 322 g/mol. The molecule has 0 aromatic heterocycles. The molecule has 3 rings (SSSR count). The van der Waals surface area contributed by atoms with Crippen molar-refractivity contribution in [2.75, 3.05) is 0 Å². The van der Waals surface area contributed by atoms with Crippen LogP contribution in [0.3, 0.4) is 0 Å². The molecule has 0 bridgehead atoms. The van der Waals surface area contributed by atoms with E-state index in [4.69, 9.17) is 0 Å². The number of benzene rings is 2. The van der Waals surface area contributed by atoms with Crippen LogP contribution in [0.1, 0.15) is 35.6 Å². The van der Waals surface area contributed by atoms with Gasteiger partial charge in [0.1, 0.15) is 5.54 Å². The first-order chi connectivity index (χ1) is 11.5. The minimum absolute atomic E-state index is 0.179. The Morgan fingerprint density at radius 2 is 1.75 bits per heavy atom. The van der Waals surface area contributed by atoms with Crippen LogP contribution in [0, 0.1) is 13.8 Å². The molecule has 0 aliphatic carbocycles. The number of hydrogen-bond donors (Lipinski definition) is 1. The van der Waals surface area contributed by atoms with Crippen molar-refractivity contribution in [3.8, 4) is 0 Å². The zero-order chi connectivity index (χ0) is 17.3. The molecule has 1 aliphatic heterocycles. The molecule has 1 aliphatic rings. The summed E-state index contributed by atoms with van der Waals surface area (Å²) in [5, 5.41) is 2.92. The van der Waals surface area contributed by atoms with Crippen molar-refractivity contribution in [3.63, 3.8) is 0 Å². The van der Waals surface area contributed by atoms with E-state index in [9.17, 15) is 9.59 Å². The fourth-order valence-corrected chi connectivity index (χ4v) is 3.27. The zero-order valence-electron chi connectivity index (χ0n) is 14.3. The van der Waals surface area contributed by atoms with Gasteiger partial charge in [-0.3, -0.25) is 9.69 Å². The second-order valence-corrected chi connectivity index (χ2v) is 6.38. The van der Waals surface area contributed by atoms with Gasteiger partial charge in [-0.1, -0.05) is 61.0 Å². The van der Waals surface area contributed by atoms with E-state index >= 15 is 0 Å². The van der Waals surface area contributed by atoms with Crippen molar-refractivity contribution in [1.29, 1.82) is 0 Å². The number of hydrogen-bond acceptors (Lipinski definition) is 2. The summed E-state index contributed by atoms with van der Waals surface area (Å²) in [4.78, 5) is 27.0. The number of urea groups is 1. The van der Waals surface area contributed by atoms with Gasteiger partial charge in [-0.05, 0) is 37.0 Å². The third-order valence-electron chi connectivity index (χ3n) is 4.81. The summed E-state index contributed by atoms with van der Waals surface area (Å²) in [7, 11) is 0. The smallest absolute Gasteiger partial charge is 0.319 e. The summed E-state index contributed by atoms with van der Waals surface area (Å²) in [5.74, 6) is -0.179. The van der Waals surface area contributed by atoms with E-state index in [2.05, 4.69) is 5.32 Å². The largest absolute Gasteiger partial charge is 0.325 e. The van der Waals surface area contributed by atoms with Crippen LogP contribution in [0.5, 0.6) is 0 Å². The third-order valence-corrected chi connectivity index (χ3v) is 4.81. The van der Waals surface area contributed by atoms with E-state index in [0.29, 0.717) is 13.0 Å². The number of imide groups is 1. The molecular formula is C20H22N2O2. The lowest BCUT2D eigenvalue weighted by atomic mass is 9.87. The molecule has 4 nitrogen and oxygen atoms in total. The van der Waals surface area contributed by atoms with Gasteiger partial charge in [0.05, 0.1) is 6.54 Å². The molecule has 2 aromatic carbocycles. The fraction of sp³-hybridized carbons (Fsp3) is 0.300. The normalized spacial score (nSPS) is 20.4. The quantitative estimate of drug-likeness (QED) is 0.873. The zero-order valence-corrected chi connectivity index (χ0v) is 14.3. The van der Waals surface area contributed by atoms with Crippen LogP contribution < -0.4 is 5.32 Å². The molecule has 1 atom stereocenters. The first-order valence-corrected chi connectivity index (χ1v) is 8.23. The summed E-state index contributed by atoms with van der Waals surface area (Å²) in [6, 6.07) is 15.2. The highest BCUT2D eigenvalue weighted by atomic mass is 16.2. The van der Waals surface area contributed by atoms with Crippen LogP contribution in [0.4, 0.5) is 4.79 Å². The van der Waals surface area contributed by atoms with Crippen LogP contribution in [-0.2, 0) is 16.9 Å². The Hall–Kier alpha value is -2.62. The Morgan fingerprint density at radius 3 is 2.42 bits per heavy atom. The van der Waals surface area contributed by atoms with Gasteiger partial charge in [-0.2, -0.15) is 0 Å². The molecule has 0 unspecified atom stereocenters. The molecule has 124 valence electrons. The van der Waals surface area contributed by atoms with Crippen LogP contribution in [0.25, 0.3) is 0 Å². The van der Waals surface area contributed by atoms with E-state index < -0.39 is 5.54 Å².